The molecule has 1 aromatic carbocycles. The molecule has 0 saturated carbocycles. The number of fused-ring (bicyclic) bond motifs is 1. The Kier molecular flexibility index (Phi) is 4.38. The molecule has 8 heteroatoms. The SMILES string of the molecule is N#Cc1c(N2CCN(C(=O)c3cccs3)CC2)c2cc(F)ccc2[nH]c1=O. The van der Waals surface area contributed by atoms with E-state index < -0.39 is 11.4 Å². The molecule has 2 aromatic heterocycles. The van der Waals surface area contributed by atoms with E-state index in [4.69, 9.17) is 0 Å². The number of anilines is 1. The average molecular weight is 382 g/mol. The van der Waals surface area contributed by atoms with Gasteiger partial charge in [-0.15, -0.1) is 11.3 Å². The van der Waals surface area contributed by atoms with Gasteiger partial charge in [-0.3, -0.25) is 9.59 Å². The molecule has 0 atom stereocenters. The van der Waals surface area contributed by atoms with Crippen LogP contribution < -0.4 is 10.5 Å². The molecule has 1 fully saturated rings. The van der Waals surface area contributed by atoms with E-state index in [1.54, 1.807) is 11.0 Å². The van der Waals surface area contributed by atoms with Crippen molar-refractivity contribution in [2.45, 2.75) is 0 Å². The fraction of sp³-hybridized carbons (Fsp3) is 0.211. The van der Waals surface area contributed by atoms with E-state index >= 15 is 0 Å². The number of rotatable bonds is 2. The monoisotopic (exact) mass is 382 g/mol. The molecule has 6 nitrogen and oxygen atoms in total. The number of aromatic amines is 1. The first kappa shape index (κ1) is 17.2. The zero-order valence-corrected chi connectivity index (χ0v) is 15.1. The van der Waals surface area contributed by atoms with Crippen molar-refractivity contribution in [2.75, 3.05) is 31.1 Å². The Labute approximate surface area is 158 Å². The summed E-state index contributed by atoms with van der Waals surface area (Å²) >= 11 is 1.40. The Morgan fingerprint density at radius 2 is 2.00 bits per heavy atom. The molecule has 1 aliphatic rings. The van der Waals surface area contributed by atoms with Crippen LogP contribution in [0.15, 0.2) is 40.5 Å². The third-order valence-electron chi connectivity index (χ3n) is 4.68. The van der Waals surface area contributed by atoms with Gasteiger partial charge in [0, 0.05) is 31.6 Å². The fourth-order valence-electron chi connectivity index (χ4n) is 3.37. The molecule has 4 rings (SSSR count). The van der Waals surface area contributed by atoms with Crippen molar-refractivity contribution in [3.63, 3.8) is 0 Å². The second kappa shape index (κ2) is 6.85. The first-order chi connectivity index (χ1) is 13.1. The number of hydrogen-bond acceptors (Lipinski definition) is 5. The number of piperazine rings is 1. The third-order valence-corrected chi connectivity index (χ3v) is 5.53. The number of amides is 1. The van der Waals surface area contributed by atoms with E-state index in [1.807, 2.05) is 22.4 Å². The molecular formula is C19H15FN4O2S. The van der Waals surface area contributed by atoms with Crippen LogP contribution in [0.25, 0.3) is 10.9 Å². The van der Waals surface area contributed by atoms with Crippen LogP contribution in [0.3, 0.4) is 0 Å². The van der Waals surface area contributed by atoms with Crippen LogP contribution in [0, 0.1) is 17.1 Å². The Morgan fingerprint density at radius 1 is 1.22 bits per heavy atom. The van der Waals surface area contributed by atoms with Crippen molar-refractivity contribution < 1.29 is 9.18 Å². The summed E-state index contributed by atoms with van der Waals surface area (Å²) in [7, 11) is 0. The first-order valence-corrected chi connectivity index (χ1v) is 9.30. The Bertz CT molecular complexity index is 1110. The minimum atomic E-state index is -0.497. The molecule has 136 valence electrons. The number of carbonyl (C=O) groups is 1. The van der Waals surface area contributed by atoms with Crippen LogP contribution in [0.2, 0.25) is 0 Å². The van der Waals surface area contributed by atoms with Gasteiger partial charge in [-0.2, -0.15) is 5.26 Å². The van der Waals surface area contributed by atoms with Gasteiger partial charge in [0.05, 0.1) is 16.1 Å². The number of halogens is 1. The van der Waals surface area contributed by atoms with E-state index in [-0.39, 0.29) is 11.5 Å². The lowest BCUT2D eigenvalue weighted by molar-refractivity contribution is 0.0751. The summed E-state index contributed by atoms with van der Waals surface area (Å²) in [6.07, 6.45) is 0. The minimum absolute atomic E-state index is 0.0213. The molecule has 0 bridgehead atoms. The number of aromatic nitrogens is 1. The number of thiophene rings is 1. The average Bonchev–Trinajstić information content (AvgIpc) is 3.22. The van der Waals surface area contributed by atoms with Crippen LogP contribution >= 0.6 is 11.3 Å². The third kappa shape index (κ3) is 3.06. The molecule has 0 radical (unpaired) electrons. The van der Waals surface area contributed by atoms with Crippen LogP contribution in [0.1, 0.15) is 15.2 Å². The number of H-pyrrole nitrogens is 1. The molecular weight excluding hydrogens is 367 g/mol. The molecule has 0 aliphatic carbocycles. The summed E-state index contributed by atoms with van der Waals surface area (Å²) < 4.78 is 13.8. The van der Waals surface area contributed by atoms with Crippen LogP contribution in [-0.2, 0) is 0 Å². The molecule has 3 heterocycles. The van der Waals surface area contributed by atoms with E-state index in [0.29, 0.717) is 47.6 Å². The maximum atomic E-state index is 13.8. The molecule has 1 saturated heterocycles. The van der Waals surface area contributed by atoms with Gasteiger partial charge in [-0.1, -0.05) is 6.07 Å². The lowest BCUT2D eigenvalue weighted by atomic mass is 10.1. The summed E-state index contributed by atoms with van der Waals surface area (Å²) in [4.78, 5) is 31.7. The Balaban J connectivity index is 1.68. The van der Waals surface area contributed by atoms with Gasteiger partial charge in [0.2, 0.25) is 0 Å². The molecule has 27 heavy (non-hydrogen) atoms. The van der Waals surface area contributed by atoms with Gasteiger partial charge in [0.25, 0.3) is 11.5 Å². The molecule has 3 aromatic rings. The van der Waals surface area contributed by atoms with Gasteiger partial charge in [-0.05, 0) is 29.6 Å². The highest BCUT2D eigenvalue weighted by atomic mass is 32.1. The van der Waals surface area contributed by atoms with Crippen molar-refractivity contribution in [3.8, 4) is 6.07 Å². The standard InChI is InChI=1S/C19H15FN4O2S/c20-12-3-4-15-13(10-12)17(14(11-21)18(25)22-15)23-5-7-24(8-6-23)19(26)16-2-1-9-27-16/h1-4,9-10H,5-8H2,(H,22,25). The maximum absolute atomic E-state index is 13.8. The van der Waals surface area contributed by atoms with Crippen LogP contribution in [0.4, 0.5) is 10.1 Å². The van der Waals surface area contributed by atoms with Gasteiger partial charge in [0.1, 0.15) is 17.4 Å². The van der Waals surface area contributed by atoms with E-state index in [1.165, 1.54) is 29.5 Å². The lowest BCUT2D eigenvalue weighted by Gasteiger charge is -2.36. The lowest BCUT2D eigenvalue weighted by Crippen LogP contribution is -2.49. The number of carbonyl (C=O) groups excluding carboxylic acids is 1. The van der Waals surface area contributed by atoms with Crippen molar-refractivity contribution in [3.05, 3.63) is 62.3 Å². The fourth-order valence-corrected chi connectivity index (χ4v) is 4.06. The number of nitrogens with zero attached hydrogens (tertiary/aromatic N) is 3. The van der Waals surface area contributed by atoms with Crippen molar-refractivity contribution in [2.24, 2.45) is 0 Å². The predicted molar refractivity (Wildman–Crippen MR) is 102 cm³/mol. The van der Waals surface area contributed by atoms with E-state index in [0.717, 1.165) is 0 Å². The Morgan fingerprint density at radius 3 is 2.67 bits per heavy atom. The van der Waals surface area contributed by atoms with Gasteiger partial charge >= 0.3 is 0 Å². The smallest absolute Gasteiger partial charge is 0.268 e. The van der Waals surface area contributed by atoms with Crippen molar-refractivity contribution in [1.82, 2.24) is 9.88 Å². The van der Waals surface area contributed by atoms with Crippen molar-refractivity contribution >= 4 is 33.8 Å². The zero-order valence-electron chi connectivity index (χ0n) is 14.2. The molecule has 1 amide bonds. The number of nitriles is 1. The summed E-state index contributed by atoms with van der Waals surface area (Å²) in [5.41, 5.74) is 0.376. The van der Waals surface area contributed by atoms with Crippen LogP contribution in [0.5, 0.6) is 0 Å². The Hall–Kier alpha value is -3.18. The van der Waals surface area contributed by atoms with Crippen molar-refractivity contribution in [1.29, 1.82) is 5.26 Å². The highest BCUT2D eigenvalue weighted by Crippen LogP contribution is 2.29. The van der Waals surface area contributed by atoms with Crippen LogP contribution in [-0.4, -0.2) is 42.0 Å². The second-order valence-corrected chi connectivity index (χ2v) is 7.18. The zero-order chi connectivity index (χ0) is 19.0. The summed E-state index contributed by atoms with van der Waals surface area (Å²) in [6.45, 7) is 1.85. The van der Waals surface area contributed by atoms with Gasteiger partial charge in [0.15, 0.2) is 0 Å². The quantitative estimate of drug-likeness (QED) is 0.739. The summed E-state index contributed by atoms with van der Waals surface area (Å²) in [6, 6.07) is 9.66. The number of benzene rings is 1. The minimum Gasteiger partial charge on any atom is -0.366 e. The highest BCUT2D eigenvalue weighted by molar-refractivity contribution is 7.12. The summed E-state index contributed by atoms with van der Waals surface area (Å²) in [5, 5.41) is 11.8. The highest BCUT2D eigenvalue weighted by Gasteiger charge is 2.26. The number of hydrogen-bond donors (Lipinski definition) is 1. The topological polar surface area (TPSA) is 80.2 Å². The van der Waals surface area contributed by atoms with E-state index in [2.05, 4.69) is 4.98 Å². The molecule has 1 aliphatic heterocycles. The maximum Gasteiger partial charge on any atom is 0.268 e. The van der Waals surface area contributed by atoms with E-state index in [9.17, 15) is 19.2 Å². The number of nitrogens with one attached hydrogen (secondary N) is 1. The second-order valence-electron chi connectivity index (χ2n) is 6.24. The molecule has 0 spiro atoms. The number of pyridine rings is 1. The first-order valence-electron chi connectivity index (χ1n) is 8.42. The predicted octanol–water partition coefficient (Wildman–Crippen LogP) is 2.56. The molecule has 1 N–H and O–H groups in total. The molecule has 0 unspecified atom stereocenters. The van der Waals surface area contributed by atoms with Gasteiger partial charge in [-0.25, -0.2) is 4.39 Å². The largest absolute Gasteiger partial charge is 0.366 e. The normalized spacial score (nSPS) is 14.4. The summed E-state index contributed by atoms with van der Waals surface area (Å²) in [5.74, 6) is -0.460. The van der Waals surface area contributed by atoms with Gasteiger partial charge < -0.3 is 14.8 Å².